The molecule has 2 aromatic heterocycles. The lowest BCUT2D eigenvalue weighted by molar-refractivity contribution is -0.137. The van der Waals surface area contributed by atoms with Crippen LogP contribution < -0.4 is 11.1 Å². The highest BCUT2D eigenvalue weighted by atomic mass is 35.5. The monoisotopic (exact) mass is 542 g/mol. The second kappa shape index (κ2) is 10.7. The van der Waals surface area contributed by atoms with Crippen molar-refractivity contribution in [2.45, 2.75) is 26.6 Å². The first-order valence-corrected chi connectivity index (χ1v) is 11.7. The Balaban J connectivity index is 1.64. The van der Waals surface area contributed by atoms with E-state index in [0.717, 1.165) is 11.6 Å². The van der Waals surface area contributed by atoms with Crippen LogP contribution in [0.5, 0.6) is 0 Å². The summed E-state index contributed by atoms with van der Waals surface area (Å²) in [5, 5.41) is 16.5. The van der Waals surface area contributed by atoms with E-state index in [1.165, 1.54) is 12.4 Å². The molecule has 12 heteroatoms. The first kappa shape index (κ1) is 26.9. The lowest BCUT2D eigenvalue weighted by Crippen LogP contribution is -2.14. The van der Waals surface area contributed by atoms with Crippen LogP contribution in [-0.2, 0) is 12.7 Å². The number of anilines is 2. The molecule has 0 saturated heterocycles. The fourth-order valence-electron chi connectivity index (χ4n) is 3.65. The first-order chi connectivity index (χ1) is 18.0. The number of nitrogen functional groups attached to an aromatic ring is 1. The smallest absolute Gasteiger partial charge is 0.396 e. The SMILES string of the molecule is Cc1ccc(NC(=O)c2ccc(Cl)c(C(F)(F)F)c2)cc1C#Cc1nn(C[C@H](C)CO)c2ncnc(N)c12. The molecule has 2 aromatic carbocycles. The van der Waals surface area contributed by atoms with E-state index in [1.54, 1.807) is 22.9 Å². The van der Waals surface area contributed by atoms with Gasteiger partial charge in [-0.3, -0.25) is 4.79 Å². The van der Waals surface area contributed by atoms with Gasteiger partial charge in [-0.15, -0.1) is 0 Å². The molecule has 1 amide bonds. The van der Waals surface area contributed by atoms with E-state index in [0.29, 0.717) is 40.6 Å². The molecular formula is C26H22ClF3N6O2. The van der Waals surface area contributed by atoms with Crippen molar-refractivity contribution in [2.75, 3.05) is 17.7 Å². The van der Waals surface area contributed by atoms with Gasteiger partial charge < -0.3 is 16.2 Å². The van der Waals surface area contributed by atoms with Crippen LogP contribution >= 0.6 is 11.6 Å². The molecule has 0 unspecified atom stereocenters. The zero-order valence-corrected chi connectivity index (χ0v) is 21.0. The molecule has 4 rings (SSSR count). The summed E-state index contributed by atoms with van der Waals surface area (Å²) in [5.41, 5.74) is 7.29. The zero-order valence-electron chi connectivity index (χ0n) is 20.3. The average molecular weight is 543 g/mol. The third-order valence-electron chi connectivity index (χ3n) is 5.70. The number of hydrogen-bond acceptors (Lipinski definition) is 6. The molecule has 2 heterocycles. The summed E-state index contributed by atoms with van der Waals surface area (Å²) in [6.07, 6.45) is -3.37. The Morgan fingerprint density at radius 2 is 1.97 bits per heavy atom. The predicted octanol–water partition coefficient (Wildman–Crippen LogP) is 4.67. The minimum absolute atomic E-state index is 0.0336. The number of benzene rings is 2. The average Bonchev–Trinajstić information content (AvgIpc) is 3.22. The second-order valence-corrected chi connectivity index (χ2v) is 9.11. The number of nitrogens with zero attached hydrogens (tertiary/aromatic N) is 4. The van der Waals surface area contributed by atoms with E-state index in [-0.39, 0.29) is 23.9 Å². The second-order valence-electron chi connectivity index (χ2n) is 8.70. The molecule has 38 heavy (non-hydrogen) atoms. The van der Waals surface area contributed by atoms with Crippen molar-refractivity contribution >= 4 is 40.0 Å². The van der Waals surface area contributed by atoms with Crippen molar-refractivity contribution in [1.82, 2.24) is 19.7 Å². The number of aryl methyl sites for hydroxylation is 1. The van der Waals surface area contributed by atoms with E-state index in [2.05, 4.69) is 32.2 Å². The number of hydrogen-bond donors (Lipinski definition) is 3. The maximum Gasteiger partial charge on any atom is 0.417 e. The number of nitrogens with one attached hydrogen (secondary N) is 1. The topological polar surface area (TPSA) is 119 Å². The van der Waals surface area contributed by atoms with Crippen molar-refractivity contribution < 1.29 is 23.1 Å². The molecule has 196 valence electrons. The van der Waals surface area contributed by atoms with Crippen molar-refractivity contribution in [3.63, 3.8) is 0 Å². The third kappa shape index (κ3) is 5.72. The van der Waals surface area contributed by atoms with Crippen molar-refractivity contribution in [2.24, 2.45) is 5.92 Å². The molecule has 0 radical (unpaired) electrons. The lowest BCUT2D eigenvalue weighted by atomic mass is 10.1. The van der Waals surface area contributed by atoms with Gasteiger partial charge in [0.05, 0.1) is 16.0 Å². The largest absolute Gasteiger partial charge is 0.417 e. The molecule has 0 aliphatic heterocycles. The summed E-state index contributed by atoms with van der Waals surface area (Å²) >= 11 is 5.65. The predicted molar refractivity (Wildman–Crippen MR) is 138 cm³/mol. The fraction of sp³-hybridized carbons (Fsp3) is 0.231. The Morgan fingerprint density at radius 3 is 2.68 bits per heavy atom. The number of aliphatic hydroxyl groups is 1. The number of aromatic nitrogens is 4. The first-order valence-electron chi connectivity index (χ1n) is 11.4. The van der Waals surface area contributed by atoms with Gasteiger partial charge in [0.15, 0.2) is 5.65 Å². The van der Waals surface area contributed by atoms with Crippen LogP contribution in [0.1, 0.15) is 39.7 Å². The quantitative estimate of drug-likeness (QED) is 0.315. The van der Waals surface area contributed by atoms with Crippen molar-refractivity contribution in [3.05, 3.63) is 75.7 Å². The highest BCUT2D eigenvalue weighted by Crippen LogP contribution is 2.35. The lowest BCUT2D eigenvalue weighted by Gasteiger charge is -2.11. The molecular weight excluding hydrogens is 521 g/mol. The molecule has 0 saturated carbocycles. The summed E-state index contributed by atoms with van der Waals surface area (Å²) in [6, 6.07) is 7.90. The number of carbonyl (C=O) groups is 1. The highest BCUT2D eigenvalue weighted by Gasteiger charge is 2.33. The minimum atomic E-state index is -4.69. The molecule has 4 aromatic rings. The Labute approximate surface area is 220 Å². The number of halogens is 4. The highest BCUT2D eigenvalue weighted by molar-refractivity contribution is 6.31. The van der Waals surface area contributed by atoms with E-state index in [9.17, 15) is 23.1 Å². The van der Waals surface area contributed by atoms with Crippen molar-refractivity contribution in [1.29, 1.82) is 0 Å². The summed E-state index contributed by atoms with van der Waals surface area (Å²) in [4.78, 5) is 20.9. The van der Waals surface area contributed by atoms with Gasteiger partial charge in [0.2, 0.25) is 0 Å². The van der Waals surface area contributed by atoms with Crippen LogP contribution in [0.25, 0.3) is 11.0 Å². The molecule has 0 aliphatic carbocycles. The standard InChI is InChI=1S/C26H22ClF3N6O2/c1-14(12-37)11-36-24-22(23(31)32-13-33-24)21(35-36)8-5-16-9-18(6-3-15(16)2)34-25(38)17-4-7-20(27)19(10-17)26(28,29)30/h3-4,6-7,9-10,13-14,37H,11-12H2,1-2H3,(H,34,38)(H2,31,32,33)/t14-/m0/s1. The van der Waals surface area contributed by atoms with E-state index in [4.69, 9.17) is 17.3 Å². The number of alkyl halides is 3. The van der Waals surface area contributed by atoms with Gasteiger partial charge in [0, 0.05) is 30.0 Å². The normalized spacial score (nSPS) is 12.2. The Morgan fingerprint density at radius 1 is 1.21 bits per heavy atom. The molecule has 0 aliphatic rings. The van der Waals surface area contributed by atoms with Gasteiger partial charge in [0.1, 0.15) is 17.8 Å². The van der Waals surface area contributed by atoms with Gasteiger partial charge in [-0.1, -0.05) is 30.5 Å². The van der Waals surface area contributed by atoms with Gasteiger partial charge in [-0.25, -0.2) is 14.6 Å². The van der Waals surface area contributed by atoms with E-state index in [1.807, 2.05) is 13.8 Å². The molecule has 0 fully saturated rings. The summed E-state index contributed by atoms with van der Waals surface area (Å²) in [7, 11) is 0. The van der Waals surface area contributed by atoms with E-state index < -0.39 is 22.7 Å². The number of nitrogens with two attached hydrogens (primary N) is 1. The Bertz CT molecular complexity index is 1590. The number of aliphatic hydroxyl groups excluding tert-OH is 1. The van der Waals surface area contributed by atoms with Crippen LogP contribution in [-0.4, -0.2) is 37.4 Å². The number of rotatable bonds is 5. The number of carbonyl (C=O) groups excluding carboxylic acids is 1. The zero-order chi connectivity index (χ0) is 27.6. The molecule has 4 N–H and O–H groups in total. The van der Waals surface area contributed by atoms with Crippen molar-refractivity contribution in [3.8, 4) is 11.8 Å². The van der Waals surface area contributed by atoms with Gasteiger partial charge in [0.25, 0.3) is 5.91 Å². The van der Waals surface area contributed by atoms with Gasteiger partial charge >= 0.3 is 6.18 Å². The van der Waals surface area contributed by atoms with Crippen LogP contribution in [0, 0.1) is 24.7 Å². The molecule has 0 spiro atoms. The summed E-state index contributed by atoms with van der Waals surface area (Å²) < 4.78 is 41.2. The van der Waals surface area contributed by atoms with E-state index >= 15 is 0 Å². The minimum Gasteiger partial charge on any atom is -0.396 e. The molecule has 8 nitrogen and oxygen atoms in total. The Hall–Kier alpha value is -4.14. The summed E-state index contributed by atoms with van der Waals surface area (Å²) in [6.45, 7) is 4.04. The van der Waals surface area contributed by atoms with Crippen LogP contribution in [0.3, 0.4) is 0 Å². The third-order valence-corrected chi connectivity index (χ3v) is 6.03. The maximum absolute atomic E-state index is 13.2. The van der Waals surface area contributed by atoms with Crippen LogP contribution in [0.4, 0.5) is 24.7 Å². The van der Waals surface area contributed by atoms with Gasteiger partial charge in [-0.2, -0.15) is 18.3 Å². The van der Waals surface area contributed by atoms with Crippen LogP contribution in [0.2, 0.25) is 5.02 Å². The molecule has 1 atom stereocenters. The fourth-order valence-corrected chi connectivity index (χ4v) is 3.87. The number of fused-ring (bicyclic) bond motifs is 1. The Kier molecular flexibility index (Phi) is 7.57. The van der Waals surface area contributed by atoms with Gasteiger partial charge in [-0.05, 0) is 54.7 Å². The molecule has 0 bridgehead atoms. The maximum atomic E-state index is 13.2. The number of amides is 1. The summed E-state index contributed by atoms with van der Waals surface area (Å²) in [5.74, 6) is 5.40. The van der Waals surface area contributed by atoms with Crippen LogP contribution in [0.15, 0.2) is 42.7 Å².